The fourth-order valence-corrected chi connectivity index (χ4v) is 9.60. The monoisotopic (exact) mass is 482 g/mol. The molecule has 0 aromatic heterocycles. The number of carbonyl (C=O) groups is 1. The third-order valence-electron chi connectivity index (χ3n) is 5.91. The van der Waals surface area contributed by atoms with E-state index in [1.165, 1.54) is 4.90 Å². The van der Waals surface area contributed by atoms with Crippen LogP contribution < -0.4 is 0 Å². The number of amides is 1. The molecule has 7 nitrogen and oxygen atoms in total. The first-order chi connectivity index (χ1) is 15.1. The molecule has 0 radical (unpaired) electrons. The van der Waals surface area contributed by atoms with E-state index in [9.17, 15) is 9.90 Å². The molecule has 9 heteroatoms. The Morgan fingerprint density at radius 1 is 1.28 bits per heavy atom. The van der Waals surface area contributed by atoms with E-state index in [0.29, 0.717) is 18.1 Å². The fraction of sp³-hybridized carbons (Fsp3) is 0.652. The molecule has 0 saturated carbocycles. The number of nitrogens with zero attached hydrogens (tertiary/aromatic N) is 4. The minimum Gasteiger partial charge on any atom is -0.444 e. The summed E-state index contributed by atoms with van der Waals surface area (Å²) in [5.41, 5.74) is 0.416. The molecule has 1 amide bonds. The number of para-hydroxylation sites is 1. The van der Waals surface area contributed by atoms with Crippen molar-refractivity contribution in [2.24, 2.45) is 4.99 Å². The number of aliphatic imine (C=N–C) groups is 1. The van der Waals surface area contributed by atoms with Gasteiger partial charge in [0.1, 0.15) is 5.60 Å². The number of rotatable bonds is 7. The van der Waals surface area contributed by atoms with Gasteiger partial charge in [-0.05, 0) is 47.0 Å². The Labute approximate surface area is 198 Å². The van der Waals surface area contributed by atoms with Gasteiger partial charge in [0.05, 0.1) is 28.8 Å². The van der Waals surface area contributed by atoms with Gasteiger partial charge in [-0.15, -0.1) is 11.8 Å². The largest absolute Gasteiger partial charge is 0.444 e. The first-order valence-corrected chi connectivity index (χ1v) is 13.9. The number of carbonyl (C=O) groups excluding carboxylic acids is 1. The summed E-state index contributed by atoms with van der Waals surface area (Å²) in [6.45, 7) is 11.6. The molecule has 0 aliphatic carbocycles. The molecule has 1 saturated heterocycles. The quantitative estimate of drug-likeness (QED) is 0.608. The Kier molecular flexibility index (Phi) is 7.87. The molecule has 1 fully saturated rings. The molecule has 2 unspecified atom stereocenters. The number of hydrogen-bond donors (Lipinski definition) is 1. The lowest BCUT2D eigenvalue weighted by atomic mass is 10.1. The first kappa shape index (κ1) is 25.4. The first-order valence-electron chi connectivity index (χ1n) is 11.2. The van der Waals surface area contributed by atoms with Crippen LogP contribution in [0, 0.1) is 0 Å². The van der Waals surface area contributed by atoms with Crippen molar-refractivity contribution in [2.45, 2.75) is 63.7 Å². The van der Waals surface area contributed by atoms with Crippen molar-refractivity contribution in [2.75, 3.05) is 38.8 Å². The summed E-state index contributed by atoms with van der Waals surface area (Å²) in [6.07, 6.45) is -0.658. The van der Waals surface area contributed by atoms with Gasteiger partial charge < -0.3 is 9.84 Å². The highest BCUT2D eigenvalue weighted by Gasteiger charge is 2.46. The lowest BCUT2D eigenvalue weighted by molar-refractivity contribution is 0.00838. The van der Waals surface area contributed by atoms with Crippen molar-refractivity contribution in [1.82, 2.24) is 13.5 Å². The van der Waals surface area contributed by atoms with E-state index >= 15 is 0 Å². The normalized spacial score (nSPS) is 22.1. The zero-order valence-electron chi connectivity index (χ0n) is 20.4. The summed E-state index contributed by atoms with van der Waals surface area (Å²) in [7, 11) is 2.59. The number of aliphatic hydroxyl groups excluding tert-OH is 1. The minimum absolute atomic E-state index is 0.294. The van der Waals surface area contributed by atoms with Crippen LogP contribution in [0.1, 0.15) is 41.0 Å². The van der Waals surface area contributed by atoms with Gasteiger partial charge in [-0.1, -0.05) is 36.4 Å². The molecule has 0 spiro atoms. The van der Waals surface area contributed by atoms with Crippen LogP contribution in [-0.4, -0.2) is 86.3 Å². The smallest absolute Gasteiger partial charge is 0.411 e. The molecule has 2 aliphatic heterocycles. The van der Waals surface area contributed by atoms with Crippen molar-refractivity contribution in [3.8, 4) is 0 Å². The van der Waals surface area contributed by atoms with E-state index < -0.39 is 22.1 Å². The van der Waals surface area contributed by atoms with E-state index in [-0.39, 0.29) is 12.1 Å². The summed E-state index contributed by atoms with van der Waals surface area (Å²) in [5, 5.41) is 12.4. The Bertz CT molecular complexity index is 848. The molecular weight excluding hydrogens is 444 g/mol. The average molecular weight is 483 g/mol. The van der Waals surface area contributed by atoms with Gasteiger partial charge in [0.15, 0.2) is 0 Å². The van der Waals surface area contributed by atoms with E-state index in [0.717, 1.165) is 23.8 Å². The van der Waals surface area contributed by atoms with Gasteiger partial charge in [0, 0.05) is 30.2 Å². The van der Waals surface area contributed by atoms with Crippen LogP contribution in [-0.2, 0) is 4.74 Å². The van der Waals surface area contributed by atoms with E-state index in [4.69, 9.17) is 9.73 Å². The molecule has 180 valence electrons. The highest BCUT2D eigenvalue weighted by molar-refractivity contribution is 8.42. The molecule has 3 rings (SSSR count). The standard InChI is InChI=1S/C23H38N4O3S2/c1-8-25(6)32(26(7)9-2)20-13-11-10-12-17(20)24-21(32)14-19(28)18-15-31-16-27(18)22(29)30-23(3,4)5/h10-13,18-19,28H,8-9,14-16H2,1-7H3. The Morgan fingerprint density at radius 3 is 2.50 bits per heavy atom. The summed E-state index contributed by atoms with van der Waals surface area (Å²) in [5.74, 6) is 1.22. The molecule has 2 atom stereocenters. The molecule has 2 heterocycles. The molecule has 1 aromatic rings. The zero-order valence-corrected chi connectivity index (χ0v) is 22.0. The zero-order chi connectivity index (χ0) is 23.7. The average Bonchev–Trinajstić information content (AvgIpc) is 3.35. The second kappa shape index (κ2) is 9.93. The van der Waals surface area contributed by atoms with Gasteiger partial charge in [0.25, 0.3) is 0 Å². The van der Waals surface area contributed by atoms with Crippen LogP contribution in [0.5, 0.6) is 0 Å². The predicted octanol–water partition coefficient (Wildman–Crippen LogP) is 4.69. The van der Waals surface area contributed by atoms with Gasteiger partial charge in [-0.2, -0.15) is 0 Å². The highest BCUT2D eigenvalue weighted by Crippen LogP contribution is 2.68. The SMILES string of the molecule is CCN(C)S1(N(C)CC)C(CC(O)C2CSCN2C(=O)OC(C)(C)C)=Nc2ccccc21. The van der Waals surface area contributed by atoms with Crippen molar-refractivity contribution in [3.63, 3.8) is 0 Å². The molecular formula is C23H38N4O3S2. The molecule has 1 aromatic carbocycles. The Morgan fingerprint density at radius 2 is 1.91 bits per heavy atom. The number of ether oxygens (including phenoxy) is 1. The number of hydrogen-bond acceptors (Lipinski definition) is 7. The number of benzene rings is 1. The van der Waals surface area contributed by atoms with Crippen molar-refractivity contribution < 1.29 is 14.6 Å². The number of fused-ring (bicyclic) bond motifs is 1. The molecule has 32 heavy (non-hydrogen) atoms. The Hall–Kier alpha value is -1.26. The van der Waals surface area contributed by atoms with E-state index in [1.807, 2.05) is 26.8 Å². The van der Waals surface area contributed by atoms with Crippen LogP contribution in [0.2, 0.25) is 0 Å². The molecule has 0 bridgehead atoms. The van der Waals surface area contributed by atoms with Gasteiger partial charge >= 0.3 is 6.09 Å². The predicted molar refractivity (Wildman–Crippen MR) is 136 cm³/mol. The van der Waals surface area contributed by atoms with Gasteiger partial charge in [0.2, 0.25) is 0 Å². The highest BCUT2D eigenvalue weighted by atomic mass is 32.3. The summed E-state index contributed by atoms with van der Waals surface area (Å²) in [6, 6.07) is 8.02. The third-order valence-corrected chi connectivity index (χ3v) is 11.1. The maximum absolute atomic E-state index is 12.8. The van der Waals surface area contributed by atoms with Crippen molar-refractivity contribution in [1.29, 1.82) is 0 Å². The van der Waals surface area contributed by atoms with Gasteiger partial charge in [-0.25, -0.2) is 9.79 Å². The second-order valence-electron chi connectivity index (χ2n) is 9.20. The lowest BCUT2D eigenvalue weighted by Gasteiger charge is -2.51. The lowest BCUT2D eigenvalue weighted by Crippen LogP contribution is -2.48. The van der Waals surface area contributed by atoms with E-state index in [1.54, 1.807) is 16.7 Å². The maximum Gasteiger partial charge on any atom is 0.411 e. The molecule has 2 aliphatic rings. The van der Waals surface area contributed by atoms with Crippen LogP contribution in [0.15, 0.2) is 34.2 Å². The van der Waals surface area contributed by atoms with Gasteiger partial charge in [-0.3, -0.25) is 13.5 Å². The third kappa shape index (κ3) is 4.68. The molecule has 1 N–H and O–H groups in total. The van der Waals surface area contributed by atoms with Crippen molar-refractivity contribution in [3.05, 3.63) is 24.3 Å². The number of thioether (sulfide) groups is 1. The topological polar surface area (TPSA) is 68.6 Å². The minimum atomic E-state index is -1.69. The fourth-order valence-electron chi connectivity index (χ4n) is 4.18. The Balaban J connectivity index is 1.92. The number of aliphatic hydroxyl groups is 1. The van der Waals surface area contributed by atoms with Crippen LogP contribution in [0.3, 0.4) is 0 Å². The van der Waals surface area contributed by atoms with E-state index in [2.05, 4.69) is 54.8 Å². The summed E-state index contributed by atoms with van der Waals surface area (Å²) < 4.78 is 10.4. The second-order valence-corrected chi connectivity index (χ2v) is 13.5. The van der Waals surface area contributed by atoms with Crippen LogP contribution >= 0.6 is 22.2 Å². The van der Waals surface area contributed by atoms with Crippen molar-refractivity contribution >= 4 is 39.0 Å². The van der Waals surface area contributed by atoms with Crippen LogP contribution in [0.4, 0.5) is 10.5 Å². The maximum atomic E-state index is 12.8. The summed E-state index contributed by atoms with van der Waals surface area (Å²) in [4.78, 5) is 20.7. The van der Waals surface area contributed by atoms with Crippen LogP contribution in [0.25, 0.3) is 0 Å². The summed E-state index contributed by atoms with van der Waals surface area (Å²) >= 11 is 1.65.